The van der Waals surface area contributed by atoms with Crippen molar-refractivity contribution in [1.82, 2.24) is 0 Å². The Morgan fingerprint density at radius 2 is 0.971 bits per heavy atom. The lowest BCUT2D eigenvalue weighted by atomic mass is 9.76. The second kappa shape index (κ2) is 11.2. The molecular formula is C32H34O2. The van der Waals surface area contributed by atoms with Crippen LogP contribution in [0.5, 0.6) is 5.75 Å². The fourth-order valence-corrected chi connectivity index (χ4v) is 4.88. The molecule has 0 fully saturated rings. The van der Waals surface area contributed by atoms with Crippen molar-refractivity contribution in [2.45, 2.75) is 38.5 Å². The van der Waals surface area contributed by atoms with Gasteiger partial charge in [0, 0.05) is 17.8 Å². The quantitative estimate of drug-likeness (QED) is 0.286. The minimum atomic E-state index is -0.00465. The van der Waals surface area contributed by atoms with Crippen LogP contribution in [0.1, 0.15) is 71.9 Å². The highest BCUT2D eigenvalue weighted by Gasteiger charge is 2.25. The molecule has 3 unspecified atom stereocenters. The maximum absolute atomic E-state index is 9.41. The summed E-state index contributed by atoms with van der Waals surface area (Å²) in [6, 6.07) is 36.4. The summed E-state index contributed by atoms with van der Waals surface area (Å²) in [6.07, 6.45) is 0. The summed E-state index contributed by atoms with van der Waals surface area (Å²) in [4.78, 5) is 0. The van der Waals surface area contributed by atoms with Crippen molar-refractivity contribution < 1.29 is 9.84 Å². The summed E-state index contributed by atoms with van der Waals surface area (Å²) in [5, 5.41) is 9.41. The average molecular weight is 451 g/mol. The van der Waals surface area contributed by atoms with Gasteiger partial charge in [-0.1, -0.05) is 112 Å². The second-order valence-corrected chi connectivity index (χ2v) is 8.98. The Bertz CT molecular complexity index is 1100. The van der Waals surface area contributed by atoms with Crippen LogP contribution in [-0.4, -0.2) is 18.3 Å². The third-order valence-electron chi connectivity index (χ3n) is 6.84. The molecule has 0 heterocycles. The van der Waals surface area contributed by atoms with E-state index in [2.05, 4.69) is 124 Å². The van der Waals surface area contributed by atoms with E-state index in [4.69, 9.17) is 4.74 Å². The lowest BCUT2D eigenvalue weighted by molar-refractivity contribution is 0.201. The van der Waals surface area contributed by atoms with Gasteiger partial charge in [-0.2, -0.15) is 0 Å². The lowest BCUT2D eigenvalue weighted by Crippen LogP contribution is -2.13. The summed E-state index contributed by atoms with van der Waals surface area (Å²) >= 11 is 0. The molecule has 0 saturated carbocycles. The van der Waals surface area contributed by atoms with E-state index < -0.39 is 0 Å². The number of hydrogen-bond acceptors (Lipinski definition) is 2. The van der Waals surface area contributed by atoms with Gasteiger partial charge < -0.3 is 9.84 Å². The average Bonchev–Trinajstić information content (AvgIpc) is 2.91. The first-order valence-corrected chi connectivity index (χ1v) is 12.2. The molecule has 0 spiro atoms. The molecule has 34 heavy (non-hydrogen) atoms. The van der Waals surface area contributed by atoms with Gasteiger partial charge in [-0.15, -0.1) is 0 Å². The second-order valence-electron chi connectivity index (χ2n) is 8.98. The molecule has 0 bridgehead atoms. The molecule has 2 nitrogen and oxygen atoms in total. The Labute approximate surface area is 203 Å². The fourth-order valence-electron chi connectivity index (χ4n) is 4.88. The van der Waals surface area contributed by atoms with E-state index >= 15 is 0 Å². The van der Waals surface area contributed by atoms with Gasteiger partial charge in [-0.05, 0) is 45.5 Å². The molecule has 0 amide bonds. The largest absolute Gasteiger partial charge is 0.491 e. The first-order valence-electron chi connectivity index (χ1n) is 12.2. The molecule has 4 aromatic rings. The Balaban J connectivity index is 1.95. The Hall–Kier alpha value is -3.36. The zero-order chi connectivity index (χ0) is 23.9. The van der Waals surface area contributed by atoms with Crippen LogP contribution in [-0.2, 0) is 0 Å². The molecule has 0 radical (unpaired) electrons. The van der Waals surface area contributed by atoms with E-state index in [-0.39, 0.29) is 31.0 Å². The van der Waals surface area contributed by atoms with Gasteiger partial charge in [-0.25, -0.2) is 0 Å². The molecule has 0 saturated heterocycles. The van der Waals surface area contributed by atoms with E-state index in [1.807, 2.05) is 0 Å². The molecule has 0 aromatic heterocycles. The standard InChI is InChI=1S/C32H34O2/c1-23(26-13-7-4-8-14-26)30-21-29(34-20-19-33)22-31(24(2)27-15-9-5-10-16-27)32(30)25(3)28-17-11-6-12-18-28/h4-18,21-25,33H,19-20H2,1-3H3. The Morgan fingerprint density at radius 1 is 0.588 bits per heavy atom. The van der Waals surface area contributed by atoms with Crippen LogP contribution in [0, 0.1) is 0 Å². The zero-order valence-corrected chi connectivity index (χ0v) is 20.3. The van der Waals surface area contributed by atoms with Crippen LogP contribution in [0.15, 0.2) is 103 Å². The monoisotopic (exact) mass is 450 g/mol. The molecule has 0 aliphatic rings. The van der Waals surface area contributed by atoms with Crippen LogP contribution in [0.25, 0.3) is 0 Å². The summed E-state index contributed by atoms with van der Waals surface area (Å²) in [5.41, 5.74) is 7.76. The molecule has 174 valence electrons. The van der Waals surface area contributed by atoms with Crippen molar-refractivity contribution in [2.24, 2.45) is 0 Å². The molecule has 0 aliphatic carbocycles. The van der Waals surface area contributed by atoms with E-state index in [0.717, 1.165) is 5.75 Å². The van der Waals surface area contributed by atoms with Gasteiger partial charge in [0.25, 0.3) is 0 Å². The SMILES string of the molecule is CC(c1ccccc1)c1cc(OCCO)cc(C(C)c2ccccc2)c1C(C)c1ccccc1. The minimum Gasteiger partial charge on any atom is -0.491 e. The van der Waals surface area contributed by atoms with Gasteiger partial charge in [0.2, 0.25) is 0 Å². The van der Waals surface area contributed by atoms with Crippen molar-refractivity contribution in [3.05, 3.63) is 137 Å². The third kappa shape index (κ3) is 5.24. The molecule has 4 aromatic carbocycles. The zero-order valence-electron chi connectivity index (χ0n) is 20.3. The predicted molar refractivity (Wildman–Crippen MR) is 141 cm³/mol. The first kappa shape index (κ1) is 23.8. The summed E-state index contributed by atoms with van der Waals surface area (Å²) in [7, 11) is 0. The van der Waals surface area contributed by atoms with Crippen LogP contribution in [0.4, 0.5) is 0 Å². The van der Waals surface area contributed by atoms with Gasteiger partial charge in [0.05, 0.1) is 6.61 Å². The highest BCUT2D eigenvalue weighted by molar-refractivity contribution is 5.54. The smallest absolute Gasteiger partial charge is 0.120 e. The Morgan fingerprint density at radius 3 is 1.35 bits per heavy atom. The number of aliphatic hydroxyl groups is 1. The maximum atomic E-state index is 9.41. The molecule has 2 heteroatoms. The molecule has 4 rings (SSSR count). The molecule has 3 atom stereocenters. The predicted octanol–water partition coefficient (Wildman–Crippen LogP) is 7.51. The van der Waals surface area contributed by atoms with Crippen molar-refractivity contribution in [3.8, 4) is 5.75 Å². The summed E-state index contributed by atoms with van der Waals surface area (Å²) in [5.74, 6) is 1.42. The third-order valence-corrected chi connectivity index (χ3v) is 6.84. The maximum Gasteiger partial charge on any atom is 0.120 e. The normalized spacial score (nSPS) is 13.8. The van der Waals surface area contributed by atoms with Crippen molar-refractivity contribution >= 4 is 0 Å². The van der Waals surface area contributed by atoms with E-state index in [1.54, 1.807) is 0 Å². The number of hydrogen-bond donors (Lipinski definition) is 1. The van der Waals surface area contributed by atoms with Crippen LogP contribution in [0.3, 0.4) is 0 Å². The topological polar surface area (TPSA) is 29.5 Å². The van der Waals surface area contributed by atoms with Crippen molar-refractivity contribution in [3.63, 3.8) is 0 Å². The van der Waals surface area contributed by atoms with Crippen molar-refractivity contribution in [2.75, 3.05) is 13.2 Å². The molecule has 1 N–H and O–H groups in total. The van der Waals surface area contributed by atoms with Crippen molar-refractivity contribution in [1.29, 1.82) is 0 Å². The number of aliphatic hydroxyl groups excluding tert-OH is 1. The van der Waals surface area contributed by atoms with E-state index in [0.29, 0.717) is 0 Å². The van der Waals surface area contributed by atoms with Gasteiger partial charge in [-0.3, -0.25) is 0 Å². The highest BCUT2D eigenvalue weighted by Crippen LogP contribution is 2.42. The minimum absolute atomic E-state index is 0.00465. The summed E-state index contributed by atoms with van der Waals surface area (Å²) < 4.78 is 6.00. The fraction of sp³-hybridized carbons (Fsp3) is 0.250. The van der Waals surface area contributed by atoms with Gasteiger partial charge >= 0.3 is 0 Å². The molecule has 0 aliphatic heterocycles. The first-order chi connectivity index (χ1) is 16.6. The van der Waals surface area contributed by atoms with Gasteiger partial charge in [0.15, 0.2) is 0 Å². The number of ether oxygens (including phenoxy) is 1. The Kier molecular flexibility index (Phi) is 7.82. The lowest BCUT2D eigenvalue weighted by Gasteiger charge is -2.28. The van der Waals surface area contributed by atoms with E-state index in [1.165, 1.54) is 33.4 Å². The van der Waals surface area contributed by atoms with E-state index in [9.17, 15) is 5.11 Å². The van der Waals surface area contributed by atoms with Crippen LogP contribution in [0.2, 0.25) is 0 Å². The summed E-state index contributed by atoms with van der Waals surface area (Å²) in [6.45, 7) is 7.14. The number of benzene rings is 4. The highest BCUT2D eigenvalue weighted by atomic mass is 16.5. The van der Waals surface area contributed by atoms with Crippen LogP contribution < -0.4 is 4.74 Å². The molecular weight excluding hydrogens is 416 g/mol. The van der Waals surface area contributed by atoms with Gasteiger partial charge in [0.1, 0.15) is 12.4 Å². The number of rotatable bonds is 9. The van der Waals surface area contributed by atoms with Crippen LogP contribution >= 0.6 is 0 Å².